The Hall–Kier alpha value is -3.80. The van der Waals surface area contributed by atoms with Crippen LogP contribution in [0.5, 0.6) is 0 Å². The van der Waals surface area contributed by atoms with Crippen molar-refractivity contribution < 1.29 is 14.3 Å². The minimum Gasteiger partial charge on any atom is -0.463 e. The van der Waals surface area contributed by atoms with E-state index in [4.69, 9.17) is 4.74 Å². The number of ether oxygens (including phenoxy) is 1. The number of amides is 2. The number of benzene rings is 3. The van der Waals surface area contributed by atoms with Gasteiger partial charge in [-0.1, -0.05) is 66.7 Å². The van der Waals surface area contributed by atoms with E-state index in [1.54, 1.807) is 14.0 Å². The summed E-state index contributed by atoms with van der Waals surface area (Å²) in [5.74, 6) is -0.432. The first-order valence-electron chi connectivity index (χ1n) is 10.3. The Morgan fingerprint density at radius 1 is 1.03 bits per heavy atom. The zero-order valence-electron chi connectivity index (χ0n) is 17.6. The van der Waals surface area contributed by atoms with Crippen molar-refractivity contribution in [2.75, 3.05) is 25.5 Å². The molecular formula is C25H25N3O3. The predicted octanol–water partition coefficient (Wildman–Crippen LogP) is 4.47. The van der Waals surface area contributed by atoms with E-state index in [1.165, 1.54) is 4.90 Å². The summed E-state index contributed by atoms with van der Waals surface area (Å²) < 4.78 is 5.37. The van der Waals surface area contributed by atoms with Crippen LogP contribution >= 0.6 is 0 Å². The number of nitrogens with one attached hydrogen (secondary N) is 2. The molecule has 1 atom stereocenters. The van der Waals surface area contributed by atoms with Crippen LogP contribution in [-0.2, 0) is 9.53 Å². The van der Waals surface area contributed by atoms with Crippen molar-refractivity contribution in [3.63, 3.8) is 0 Å². The maximum atomic E-state index is 13.0. The quantitative estimate of drug-likeness (QED) is 0.583. The topological polar surface area (TPSA) is 70.7 Å². The van der Waals surface area contributed by atoms with Gasteiger partial charge in [-0.3, -0.25) is 4.90 Å². The van der Waals surface area contributed by atoms with Crippen LogP contribution < -0.4 is 10.6 Å². The lowest BCUT2D eigenvalue weighted by atomic mass is 9.94. The molecule has 1 aliphatic heterocycles. The number of rotatable bonds is 6. The van der Waals surface area contributed by atoms with Gasteiger partial charge in [0.15, 0.2) is 0 Å². The molecule has 31 heavy (non-hydrogen) atoms. The largest absolute Gasteiger partial charge is 0.463 e. The number of carbonyl (C=O) groups is 2. The highest BCUT2D eigenvalue weighted by Crippen LogP contribution is 2.31. The molecule has 4 rings (SSSR count). The van der Waals surface area contributed by atoms with Gasteiger partial charge in [-0.15, -0.1) is 0 Å². The predicted molar refractivity (Wildman–Crippen MR) is 122 cm³/mol. The first-order valence-corrected chi connectivity index (χ1v) is 10.3. The molecule has 0 bridgehead atoms. The Bertz CT molecular complexity index is 1140. The molecule has 0 saturated carbocycles. The molecule has 2 amide bonds. The van der Waals surface area contributed by atoms with Crippen LogP contribution in [0.2, 0.25) is 0 Å². The maximum Gasteiger partial charge on any atom is 0.338 e. The van der Waals surface area contributed by atoms with Gasteiger partial charge in [0, 0.05) is 18.1 Å². The van der Waals surface area contributed by atoms with E-state index in [9.17, 15) is 9.59 Å². The van der Waals surface area contributed by atoms with Crippen molar-refractivity contribution in [2.24, 2.45) is 0 Å². The molecule has 3 aromatic rings. The summed E-state index contributed by atoms with van der Waals surface area (Å²) in [6.45, 7) is 2.33. The van der Waals surface area contributed by atoms with Crippen molar-refractivity contribution >= 4 is 28.5 Å². The fourth-order valence-electron chi connectivity index (χ4n) is 3.87. The van der Waals surface area contributed by atoms with Crippen LogP contribution in [0.15, 0.2) is 84.1 Å². The number of fused-ring (bicyclic) bond motifs is 1. The lowest BCUT2D eigenvalue weighted by molar-refractivity contribution is -0.139. The smallest absolute Gasteiger partial charge is 0.338 e. The van der Waals surface area contributed by atoms with E-state index in [1.807, 2.05) is 60.7 Å². The standard InChI is InChI=1S/C25H25N3O3/c1-3-31-24(29)22-21(16-26-20-15-9-13-17-10-7-8-14-19(17)20)28(2)25(30)27-23(22)18-11-5-4-6-12-18/h4-15,23,26H,3,16H2,1-2H3,(H,27,30)/t23-/m1/s1. The highest BCUT2D eigenvalue weighted by atomic mass is 16.5. The molecule has 0 unspecified atom stereocenters. The highest BCUT2D eigenvalue weighted by Gasteiger charge is 2.36. The molecule has 6 heteroatoms. The molecule has 0 radical (unpaired) electrons. The molecule has 0 saturated heterocycles. The second-order valence-electron chi connectivity index (χ2n) is 7.31. The van der Waals surface area contributed by atoms with Gasteiger partial charge in [0.1, 0.15) is 0 Å². The maximum absolute atomic E-state index is 13.0. The normalized spacial score (nSPS) is 16.3. The number of hydrogen-bond acceptors (Lipinski definition) is 4. The number of hydrogen-bond donors (Lipinski definition) is 2. The zero-order chi connectivity index (χ0) is 21.8. The van der Waals surface area contributed by atoms with Crippen LogP contribution in [0, 0.1) is 0 Å². The monoisotopic (exact) mass is 415 g/mol. The average Bonchev–Trinajstić information content (AvgIpc) is 2.80. The number of nitrogens with zero attached hydrogens (tertiary/aromatic N) is 1. The van der Waals surface area contributed by atoms with Crippen LogP contribution in [0.1, 0.15) is 18.5 Å². The molecular weight excluding hydrogens is 390 g/mol. The molecule has 1 aliphatic rings. The third kappa shape index (κ3) is 4.10. The summed E-state index contributed by atoms with van der Waals surface area (Å²) in [6.07, 6.45) is 0. The third-order valence-electron chi connectivity index (χ3n) is 5.44. The molecule has 0 aromatic heterocycles. The summed E-state index contributed by atoms with van der Waals surface area (Å²) in [5, 5.41) is 8.54. The van der Waals surface area contributed by atoms with Gasteiger partial charge in [-0.05, 0) is 23.9 Å². The van der Waals surface area contributed by atoms with Gasteiger partial charge in [-0.2, -0.15) is 0 Å². The van der Waals surface area contributed by atoms with Crippen molar-refractivity contribution in [3.8, 4) is 0 Å². The molecule has 0 spiro atoms. The first-order chi connectivity index (χ1) is 15.1. The Kier molecular flexibility index (Phi) is 5.89. The van der Waals surface area contributed by atoms with E-state index in [-0.39, 0.29) is 12.6 Å². The van der Waals surface area contributed by atoms with Crippen LogP contribution in [-0.4, -0.2) is 37.1 Å². The third-order valence-corrected chi connectivity index (χ3v) is 5.44. The molecule has 3 aromatic carbocycles. The molecule has 2 N–H and O–H groups in total. The van der Waals surface area contributed by atoms with Crippen molar-refractivity contribution in [3.05, 3.63) is 89.6 Å². The van der Waals surface area contributed by atoms with Crippen LogP contribution in [0.4, 0.5) is 10.5 Å². The second kappa shape index (κ2) is 8.92. The minimum absolute atomic E-state index is 0.255. The molecule has 1 heterocycles. The summed E-state index contributed by atoms with van der Waals surface area (Å²) in [6, 6.07) is 22.7. The average molecular weight is 415 g/mol. The van der Waals surface area contributed by atoms with E-state index < -0.39 is 12.0 Å². The summed E-state index contributed by atoms with van der Waals surface area (Å²) in [4.78, 5) is 27.2. The fourth-order valence-corrected chi connectivity index (χ4v) is 3.87. The number of carbonyl (C=O) groups excluding carboxylic acids is 2. The van der Waals surface area contributed by atoms with Gasteiger partial charge in [0.2, 0.25) is 0 Å². The molecule has 0 aliphatic carbocycles. The van der Waals surface area contributed by atoms with Gasteiger partial charge in [-0.25, -0.2) is 9.59 Å². The number of anilines is 1. The van der Waals surface area contributed by atoms with Crippen molar-refractivity contribution in [2.45, 2.75) is 13.0 Å². The Morgan fingerprint density at radius 2 is 1.74 bits per heavy atom. The summed E-state index contributed by atoms with van der Waals surface area (Å²) in [7, 11) is 1.66. The summed E-state index contributed by atoms with van der Waals surface area (Å²) in [5.41, 5.74) is 2.78. The van der Waals surface area contributed by atoms with Crippen molar-refractivity contribution in [1.29, 1.82) is 0 Å². The van der Waals surface area contributed by atoms with Gasteiger partial charge < -0.3 is 15.4 Å². The summed E-state index contributed by atoms with van der Waals surface area (Å²) >= 11 is 0. The molecule has 0 fully saturated rings. The second-order valence-corrected chi connectivity index (χ2v) is 7.31. The van der Waals surface area contributed by atoms with Gasteiger partial charge in [0.25, 0.3) is 0 Å². The van der Waals surface area contributed by atoms with Gasteiger partial charge >= 0.3 is 12.0 Å². The number of likely N-dealkylation sites (N-methyl/N-ethyl adjacent to an activating group) is 1. The minimum atomic E-state index is -0.576. The number of esters is 1. The Labute approximate surface area is 181 Å². The Balaban J connectivity index is 1.75. The first kappa shape index (κ1) is 20.5. The molecule has 6 nitrogen and oxygen atoms in total. The Morgan fingerprint density at radius 3 is 2.52 bits per heavy atom. The lowest BCUT2D eigenvalue weighted by Crippen LogP contribution is -2.48. The van der Waals surface area contributed by atoms with E-state index >= 15 is 0 Å². The van der Waals surface area contributed by atoms with E-state index in [0.29, 0.717) is 17.8 Å². The van der Waals surface area contributed by atoms with E-state index in [0.717, 1.165) is 22.0 Å². The highest BCUT2D eigenvalue weighted by molar-refractivity contribution is 5.96. The van der Waals surface area contributed by atoms with Crippen LogP contribution in [0.25, 0.3) is 10.8 Å². The SMILES string of the molecule is CCOC(=O)C1=C(CNc2cccc3ccccc23)N(C)C(=O)N[C@@H]1c1ccccc1. The van der Waals surface area contributed by atoms with Crippen molar-refractivity contribution in [1.82, 2.24) is 10.2 Å². The zero-order valence-corrected chi connectivity index (χ0v) is 17.6. The number of urea groups is 1. The lowest BCUT2D eigenvalue weighted by Gasteiger charge is -2.35. The van der Waals surface area contributed by atoms with E-state index in [2.05, 4.69) is 22.8 Å². The molecule has 158 valence electrons. The van der Waals surface area contributed by atoms with Crippen LogP contribution in [0.3, 0.4) is 0 Å². The van der Waals surface area contributed by atoms with Gasteiger partial charge in [0.05, 0.1) is 30.5 Å². The fraction of sp³-hybridized carbons (Fsp3) is 0.200.